The maximum atomic E-state index is 12.5. The van der Waals surface area contributed by atoms with Crippen LogP contribution in [0.4, 0.5) is 5.69 Å². The highest BCUT2D eigenvalue weighted by Crippen LogP contribution is 2.23. The van der Waals surface area contributed by atoms with E-state index in [0.29, 0.717) is 11.3 Å². The van der Waals surface area contributed by atoms with Crippen LogP contribution in [0.5, 0.6) is 0 Å². The average Bonchev–Trinajstić information content (AvgIpc) is 2.99. The molecule has 0 fully saturated rings. The van der Waals surface area contributed by atoms with Crippen molar-refractivity contribution in [3.05, 3.63) is 51.7 Å². The van der Waals surface area contributed by atoms with Crippen LogP contribution in [0.25, 0.3) is 0 Å². The number of hydrogen-bond acceptors (Lipinski definition) is 4. The molecule has 2 rings (SSSR count). The second-order valence-corrected chi connectivity index (χ2v) is 8.08. The molecular formula is C16H20N2O3S2. The molecule has 0 aliphatic rings. The molecule has 0 aliphatic carbocycles. The summed E-state index contributed by atoms with van der Waals surface area (Å²) in [6.07, 6.45) is 1.87. The van der Waals surface area contributed by atoms with Gasteiger partial charge in [-0.05, 0) is 42.5 Å². The lowest BCUT2D eigenvalue weighted by atomic mass is 10.1. The van der Waals surface area contributed by atoms with Crippen molar-refractivity contribution in [1.29, 1.82) is 0 Å². The molecular weight excluding hydrogens is 332 g/mol. The lowest BCUT2D eigenvalue weighted by Gasteiger charge is -2.16. The molecule has 0 spiro atoms. The maximum Gasteiger partial charge on any atom is 0.251 e. The van der Waals surface area contributed by atoms with E-state index in [4.69, 9.17) is 0 Å². The van der Waals surface area contributed by atoms with Crippen LogP contribution in [-0.4, -0.2) is 20.6 Å². The summed E-state index contributed by atoms with van der Waals surface area (Å²) < 4.78 is 25.2. The van der Waals surface area contributed by atoms with Gasteiger partial charge < -0.3 is 5.32 Å². The minimum absolute atomic E-state index is 0.0462. The Labute approximate surface area is 140 Å². The number of carbonyl (C=O) groups is 1. The molecule has 2 aromatic rings. The number of nitrogens with one attached hydrogen (secondary N) is 2. The van der Waals surface area contributed by atoms with E-state index in [2.05, 4.69) is 10.0 Å². The van der Waals surface area contributed by atoms with Gasteiger partial charge in [0.25, 0.3) is 5.91 Å². The quantitative estimate of drug-likeness (QED) is 0.837. The second kappa shape index (κ2) is 7.14. The van der Waals surface area contributed by atoms with Crippen molar-refractivity contribution >= 4 is 33.0 Å². The Bertz CT molecular complexity index is 784. The maximum absolute atomic E-state index is 12.5. The fraction of sp³-hybridized carbons (Fsp3) is 0.312. The highest BCUT2D eigenvalue weighted by molar-refractivity contribution is 7.92. The minimum atomic E-state index is -3.39. The van der Waals surface area contributed by atoms with Crippen LogP contribution < -0.4 is 10.0 Å². The molecule has 1 aromatic carbocycles. The number of rotatable bonds is 6. The molecule has 124 valence electrons. The van der Waals surface area contributed by atoms with Crippen molar-refractivity contribution in [2.75, 3.05) is 11.0 Å². The van der Waals surface area contributed by atoms with E-state index >= 15 is 0 Å². The standard InChI is InChI=1S/C16H20N2O3S2/c1-4-13(15-6-5-9-22-15)17-16(19)12-8-7-11(2)14(10-12)18-23(3,20)21/h5-10,13,18H,4H2,1-3H3,(H,17,19). The highest BCUT2D eigenvalue weighted by atomic mass is 32.2. The summed E-state index contributed by atoms with van der Waals surface area (Å²) in [6.45, 7) is 3.80. The zero-order valence-corrected chi connectivity index (χ0v) is 14.9. The molecule has 0 aliphatic heterocycles. The average molecular weight is 352 g/mol. The SMILES string of the molecule is CCC(NC(=O)c1ccc(C)c(NS(C)(=O)=O)c1)c1cccs1. The molecule has 1 amide bonds. The van der Waals surface area contributed by atoms with E-state index < -0.39 is 10.0 Å². The fourth-order valence-corrected chi connectivity index (χ4v) is 3.66. The molecule has 1 aromatic heterocycles. The third kappa shape index (κ3) is 4.80. The van der Waals surface area contributed by atoms with Crippen LogP contribution in [-0.2, 0) is 10.0 Å². The topological polar surface area (TPSA) is 75.3 Å². The summed E-state index contributed by atoms with van der Waals surface area (Å²) in [6, 6.07) is 8.88. The number of hydrogen-bond donors (Lipinski definition) is 2. The summed E-state index contributed by atoms with van der Waals surface area (Å²) in [4.78, 5) is 13.6. The number of anilines is 1. The first-order valence-corrected chi connectivity index (χ1v) is 10.00. The first-order valence-electron chi connectivity index (χ1n) is 7.23. The van der Waals surface area contributed by atoms with E-state index in [0.717, 1.165) is 23.1 Å². The van der Waals surface area contributed by atoms with Crippen molar-refractivity contribution in [3.8, 4) is 0 Å². The van der Waals surface area contributed by atoms with E-state index in [9.17, 15) is 13.2 Å². The molecule has 23 heavy (non-hydrogen) atoms. The smallest absolute Gasteiger partial charge is 0.251 e. The van der Waals surface area contributed by atoms with E-state index in [-0.39, 0.29) is 11.9 Å². The molecule has 0 saturated heterocycles. The van der Waals surface area contributed by atoms with Crippen LogP contribution in [0, 0.1) is 6.92 Å². The van der Waals surface area contributed by atoms with Gasteiger partial charge in [-0.2, -0.15) is 0 Å². The van der Waals surface area contributed by atoms with Crippen molar-refractivity contribution in [3.63, 3.8) is 0 Å². The predicted octanol–water partition coefficient (Wildman–Crippen LogP) is 3.31. The van der Waals surface area contributed by atoms with Crippen LogP contribution in [0.2, 0.25) is 0 Å². The van der Waals surface area contributed by atoms with Gasteiger partial charge >= 0.3 is 0 Å². The molecule has 1 unspecified atom stereocenters. The molecule has 0 bridgehead atoms. The first-order chi connectivity index (χ1) is 10.8. The Kier molecular flexibility index (Phi) is 5.43. The van der Waals surface area contributed by atoms with Gasteiger partial charge in [0.2, 0.25) is 10.0 Å². The van der Waals surface area contributed by atoms with Gasteiger partial charge in [0.05, 0.1) is 18.0 Å². The van der Waals surface area contributed by atoms with E-state index in [1.165, 1.54) is 0 Å². The predicted molar refractivity (Wildman–Crippen MR) is 94.5 cm³/mol. The number of carbonyl (C=O) groups excluding carboxylic acids is 1. The largest absolute Gasteiger partial charge is 0.344 e. The molecule has 1 heterocycles. The number of benzene rings is 1. The number of thiophene rings is 1. The van der Waals surface area contributed by atoms with Crippen LogP contribution in [0.15, 0.2) is 35.7 Å². The third-order valence-corrected chi connectivity index (χ3v) is 4.97. The molecule has 2 N–H and O–H groups in total. The summed E-state index contributed by atoms with van der Waals surface area (Å²) in [5.41, 5.74) is 1.61. The Morgan fingerprint density at radius 2 is 2.04 bits per heavy atom. The van der Waals surface area contributed by atoms with Gasteiger partial charge in [-0.3, -0.25) is 9.52 Å². The van der Waals surface area contributed by atoms with Crippen molar-refractivity contribution in [2.24, 2.45) is 0 Å². The minimum Gasteiger partial charge on any atom is -0.344 e. The number of sulfonamides is 1. The third-order valence-electron chi connectivity index (χ3n) is 3.40. The zero-order valence-electron chi connectivity index (χ0n) is 13.3. The molecule has 0 radical (unpaired) electrons. The first kappa shape index (κ1) is 17.5. The lowest BCUT2D eigenvalue weighted by Crippen LogP contribution is -2.27. The van der Waals surface area contributed by atoms with Gasteiger partial charge in [-0.25, -0.2) is 8.42 Å². The Morgan fingerprint density at radius 3 is 2.61 bits per heavy atom. The number of amides is 1. The number of aryl methyl sites for hydroxylation is 1. The van der Waals surface area contributed by atoms with Crippen LogP contribution in [0.1, 0.15) is 40.2 Å². The van der Waals surface area contributed by atoms with E-state index in [1.54, 1.807) is 36.5 Å². The van der Waals surface area contributed by atoms with Crippen LogP contribution >= 0.6 is 11.3 Å². The normalized spacial score (nSPS) is 12.7. The fourth-order valence-electron chi connectivity index (χ4n) is 2.18. The van der Waals surface area contributed by atoms with Crippen molar-refractivity contribution in [2.45, 2.75) is 26.3 Å². The van der Waals surface area contributed by atoms with Gasteiger partial charge in [0.1, 0.15) is 0 Å². The van der Waals surface area contributed by atoms with Gasteiger partial charge in [-0.15, -0.1) is 11.3 Å². The molecule has 0 saturated carbocycles. The van der Waals surface area contributed by atoms with E-state index in [1.807, 2.05) is 24.4 Å². The van der Waals surface area contributed by atoms with Gasteiger partial charge in [-0.1, -0.05) is 19.1 Å². The Balaban J connectivity index is 2.21. The summed E-state index contributed by atoms with van der Waals surface area (Å²) >= 11 is 1.60. The molecule has 1 atom stereocenters. The molecule has 7 heteroatoms. The summed E-state index contributed by atoms with van der Waals surface area (Å²) in [5.74, 6) is -0.221. The Hall–Kier alpha value is -1.86. The monoisotopic (exact) mass is 352 g/mol. The Morgan fingerprint density at radius 1 is 1.30 bits per heavy atom. The molecule has 5 nitrogen and oxygen atoms in total. The lowest BCUT2D eigenvalue weighted by molar-refractivity contribution is 0.0936. The summed E-state index contributed by atoms with van der Waals surface area (Å²) in [7, 11) is -3.39. The summed E-state index contributed by atoms with van der Waals surface area (Å²) in [5, 5.41) is 4.97. The van der Waals surface area contributed by atoms with Crippen molar-refractivity contribution in [1.82, 2.24) is 5.32 Å². The van der Waals surface area contributed by atoms with Crippen molar-refractivity contribution < 1.29 is 13.2 Å². The van der Waals surface area contributed by atoms with Gasteiger partial charge in [0, 0.05) is 10.4 Å². The van der Waals surface area contributed by atoms with Crippen LogP contribution in [0.3, 0.4) is 0 Å². The second-order valence-electron chi connectivity index (χ2n) is 5.35. The highest BCUT2D eigenvalue weighted by Gasteiger charge is 2.16. The zero-order chi connectivity index (χ0) is 17.0. The van der Waals surface area contributed by atoms with Gasteiger partial charge in [0.15, 0.2) is 0 Å².